The molecule has 0 spiro atoms. The molecule has 0 saturated carbocycles. The van der Waals surface area contributed by atoms with Crippen molar-refractivity contribution in [3.63, 3.8) is 0 Å². The lowest BCUT2D eigenvalue weighted by molar-refractivity contribution is -0.161. The van der Waals surface area contributed by atoms with Gasteiger partial charge in [-0.25, -0.2) is 9.13 Å². The Morgan fingerprint density at radius 2 is 0.479 bits per heavy atom. The summed E-state index contributed by atoms with van der Waals surface area (Å²) in [4.78, 5) is 72.7. The van der Waals surface area contributed by atoms with Gasteiger partial charge in [-0.15, -0.1) is 0 Å². The number of phosphoric ester groups is 2. The second-order valence-electron chi connectivity index (χ2n) is 29.2. The first-order valence-electron chi connectivity index (χ1n) is 39.8. The second kappa shape index (κ2) is 67.5. The zero-order chi connectivity index (χ0) is 70.9. The number of carbonyl (C=O) groups excluding carboxylic acids is 4. The van der Waals surface area contributed by atoms with Crippen LogP contribution in [0.3, 0.4) is 0 Å². The van der Waals surface area contributed by atoms with Crippen molar-refractivity contribution in [2.75, 3.05) is 39.6 Å². The van der Waals surface area contributed by atoms with Crippen LogP contribution in [-0.2, 0) is 65.4 Å². The van der Waals surface area contributed by atoms with Crippen LogP contribution in [0.15, 0.2) is 0 Å². The summed E-state index contributed by atoms with van der Waals surface area (Å²) < 4.78 is 68.4. The van der Waals surface area contributed by atoms with Crippen molar-refractivity contribution in [3.05, 3.63) is 0 Å². The van der Waals surface area contributed by atoms with E-state index in [1.54, 1.807) is 0 Å². The minimum atomic E-state index is -4.96. The molecule has 0 aromatic heterocycles. The summed E-state index contributed by atoms with van der Waals surface area (Å²) in [5.41, 5.74) is 0. The topological polar surface area (TPSA) is 237 Å². The number of hydrogen-bond acceptors (Lipinski definition) is 15. The van der Waals surface area contributed by atoms with Crippen LogP contribution >= 0.6 is 15.6 Å². The standard InChI is InChI=1S/C77H150O17P2/c1-8-9-10-11-12-13-14-15-16-17-18-19-20-21-22-23-26-30-33-36-46-53-60-76(81)93-72(64-87-74(79)58-51-44-35-32-29-27-24-25-28-31-34-41-48-55-68(2)3)66-91-95(83,84)89-62-71(78)63-90-96(85,86)92-67-73(94-77(82)61-54-47-40-38-43-50-57-70(6)7)65-88-75(80)59-52-45-39-37-42-49-56-69(4)5/h68-73,78H,8-67H2,1-7H3,(H,83,84)(H,85,86)/t71-,72-,73-/m1/s1. The van der Waals surface area contributed by atoms with E-state index in [2.05, 4.69) is 48.5 Å². The number of aliphatic hydroxyl groups excluding tert-OH is 1. The number of hydrogen-bond donors (Lipinski definition) is 3. The number of unbranched alkanes of at least 4 members (excludes halogenated alkanes) is 43. The Kier molecular flexibility index (Phi) is 66.2. The van der Waals surface area contributed by atoms with Crippen LogP contribution in [0, 0.1) is 17.8 Å². The minimum absolute atomic E-state index is 0.101. The van der Waals surface area contributed by atoms with E-state index in [1.165, 1.54) is 199 Å². The monoisotopic (exact) mass is 1410 g/mol. The number of phosphoric acid groups is 2. The second-order valence-corrected chi connectivity index (χ2v) is 32.1. The van der Waals surface area contributed by atoms with E-state index in [1.807, 2.05) is 0 Å². The summed E-state index contributed by atoms with van der Waals surface area (Å²) in [6, 6.07) is 0. The molecule has 0 radical (unpaired) electrons. The molecule has 0 aromatic carbocycles. The third kappa shape index (κ3) is 70.5. The van der Waals surface area contributed by atoms with E-state index in [0.29, 0.717) is 37.5 Å². The summed E-state index contributed by atoms with van der Waals surface area (Å²) in [6.07, 6.45) is 54.7. The van der Waals surface area contributed by atoms with Crippen molar-refractivity contribution < 1.29 is 80.2 Å². The normalized spacial score (nSPS) is 14.1. The van der Waals surface area contributed by atoms with Crippen molar-refractivity contribution in [2.45, 2.75) is 414 Å². The molecule has 5 atom stereocenters. The summed E-state index contributed by atoms with van der Waals surface area (Å²) in [6.45, 7) is 11.7. The Hall–Kier alpha value is -1.94. The van der Waals surface area contributed by atoms with E-state index in [0.717, 1.165) is 102 Å². The zero-order valence-electron chi connectivity index (χ0n) is 62.8. The number of carbonyl (C=O) groups is 4. The fourth-order valence-corrected chi connectivity index (χ4v) is 13.4. The SMILES string of the molecule is CCCCCCCCCCCCCCCCCCCCCCCCC(=O)O[C@H](COC(=O)CCCCCCCCCCCCCCCC(C)C)COP(=O)(O)OC[C@@H](O)COP(=O)(O)OC[C@@H](COC(=O)CCCCCCCCC(C)C)OC(=O)CCCCCCCCC(C)C. The first kappa shape index (κ1) is 94.1. The molecule has 0 aromatic rings. The molecule has 0 rings (SSSR count). The van der Waals surface area contributed by atoms with Crippen LogP contribution in [0.5, 0.6) is 0 Å². The lowest BCUT2D eigenvalue weighted by Crippen LogP contribution is -2.30. The van der Waals surface area contributed by atoms with Crippen LogP contribution in [0.4, 0.5) is 0 Å². The molecular formula is C77H150O17P2. The van der Waals surface area contributed by atoms with E-state index >= 15 is 0 Å². The fourth-order valence-electron chi connectivity index (χ4n) is 11.8. The van der Waals surface area contributed by atoms with Crippen LogP contribution in [0.2, 0.25) is 0 Å². The van der Waals surface area contributed by atoms with Gasteiger partial charge in [-0.2, -0.15) is 0 Å². The maximum atomic E-state index is 13.1. The van der Waals surface area contributed by atoms with Crippen LogP contribution in [0.25, 0.3) is 0 Å². The maximum Gasteiger partial charge on any atom is 0.472 e. The van der Waals surface area contributed by atoms with Gasteiger partial charge in [0.2, 0.25) is 0 Å². The van der Waals surface area contributed by atoms with E-state index < -0.39 is 97.5 Å². The molecular weight excluding hydrogens is 1260 g/mol. The number of ether oxygens (including phenoxy) is 4. The molecule has 17 nitrogen and oxygen atoms in total. The van der Waals surface area contributed by atoms with Gasteiger partial charge in [-0.3, -0.25) is 37.3 Å². The van der Waals surface area contributed by atoms with Crippen LogP contribution < -0.4 is 0 Å². The van der Waals surface area contributed by atoms with Crippen molar-refractivity contribution in [1.82, 2.24) is 0 Å². The summed E-state index contributed by atoms with van der Waals surface area (Å²) in [5, 5.41) is 10.6. The molecule has 0 aliphatic heterocycles. The molecule has 0 amide bonds. The molecule has 96 heavy (non-hydrogen) atoms. The van der Waals surface area contributed by atoms with Gasteiger partial charge in [0.25, 0.3) is 0 Å². The van der Waals surface area contributed by atoms with Gasteiger partial charge >= 0.3 is 39.5 Å². The quantitative estimate of drug-likeness (QED) is 0.0222. The average Bonchev–Trinajstić information content (AvgIpc) is 1.13. The number of esters is 4. The lowest BCUT2D eigenvalue weighted by Gasteiger charge is -2.21. The largest absolute Gasteiger partial charge is 0.472 e. The summed E-state index contributed by atoms with van der Waals surface area (Å²) >= 11 is 0. The van der Waals surface area contributed by atoms with E-state index in [9.17, 15) is 43.2 Å². The zero-order valence-corrected chi connectivity index (χ0v) is 64.6. The molecule has 570 valence electrons. The highest BCUT2D eigenvalue weighted by molar-refractivity contribution is 7.47. The predicted octanol–water partition coefficient (Wildman–Crippen LogP) is 22.6. The first-order valence-corrected chi connectivity index (χ1v) is 42.8. The van der Waals surface area contributed by atoms with Gasteiger partial charge in [0.15, 0.2) is 12.2 Å². The maximum absolute atomic E-state index is 13.1. The van der Waals surface area contributed by atoms with Crippen molar-refractivity contribution in [3.8, 4) is 0 Å². The van der Waals surface area contributed by atoms with Gasteiger partial charge in [-0.05, 0) is 43.4 Å². The molecule has 0 heterocycles. The number of aliphatic hydroxyl groups is 1. The Morgan fingerprint density at radius 1 is 0.281 bits per heavy atom. The van der Waals surface area contributed by atoms with Crippen molar-refractivity contribution in [2.24, 2.45) is 17.8 Å². The van der Waals surface area contributed by atoms with Gasteiger partial charge in [-0.1, -0.05) is 344 Å². The van der Waals surface area contributed by atoms with Gasteiger partial charge < -0.3 is 33.8 Å². The van der Waals surface area contributed by atoms with E-state index in [-0.39, 0.29) is 25.7 Å². The highest BCUT2D eigenvalue weighted by Gasteiger charge is 2.30. The molecule has 0 bridgehead atoms. The summed E-state index contributed by atoms with van der Waals surface area (Å²) in [7, 11) is -9.91. The Morgan fingerprint density at radius 3 is 0.708 bits per heavy atom. The van der Waals surface area contributed by atoms with Gasteiger partial charge in [0, 0.05) is 25.7 Å². The molecule has 0 aliphatic carbocycles. The Labute approximate surface area is 588 Å². The predicted molar refractivity (Wildman–Crippen MR) is 391 cm³/mol. The Balaban J connectivity index is 5.16. The minimum Gasteiger partial charge on any atom is -0.462 e. The highest BCUT2D eigenvalue weighted by Crippen LogP contribution is 2.45. The smallest absolute Gasteiger partial charge is 0.462 e. The van der Waals surface area contributed by atoms with Crippen LogP contribution in [-0.4, -0.2) is 96.7 Å². The third-order valence-electron chi connectivity index (χ3n) is 17.9. The number of rotatable bonds is 75. The van der Waals surface area contributed by atoms with E-state index in [4.69, 9.17) is 37.0 Å². The summed E-state index contributed by atoms with van der Waals surface area (Å²) in [5.74, 6) is 0.0141. The Bertz CT molecular complexity index is 1870. The van der Waals surface area contributed by atoms with Crippen molar-refractivity contribution in [1.29, 1.82) is 0 Å². The van der Waals surface area contributed by atoms with Gasteiger partial charge in [0.1, 0.15) is 19.3 Å². The lowest BCUT2D eigenvalue weighted by atomic mass is 10.0. The van der Waals surface area contributed by atoms with Crippen LogP contribution in [0.1, 0.15) is 395 Å². The molecule has 0 aliphatic rings. The molecule has 19 heteroatoms. The van der Waals surface area contributed by atoms with Crippen molar-refractivity contribution >= 4 is 39.5 Å². The molecule has 0 saturated heterocycles. The third-order valence-corrected chi connectivity index (χ3v) is 19.8. The molecule has 0 fully saturated rings. The molecule has 3 N–H and O–H groups in total. The first-order chi connectivity index (χ1) is 46.2. The fraction of sp³-hybridized carbons (Fsp3) is 0.948. The van der Waals surface area contributed by atoms with Gasteiger partial charge in [0.05, 0.1) is 26.4 Å². The molecule has 2 unspecified atom stereocenters. The average molecular weight is 1410 g/mol. The highest BCUT2D eigenvalue weighted by atomic mass is 31.2.